The van der Waals surface area contributed by atoms with Gasteiger partial charge in [0.05, 0.1) is 12.4 Å². The summed E-state index contributed by atoms with van der Waals surface area (Å²) in [7, 11) is -1.31. The molecule has 0 amide bonds. The first-order valence-corrected chi connectivity index (χ1v) is 9.94. The molecule has 0 spiro atoms. The summed E-state index contributed by atoms with van der Waals surface area (Å²) in [4.78, 5) is 0. The van der Waals surface area contributed by atoms with Crippen molar-refractivity contribution in [2.24, 2.45) is 0 Å². The summed E-state index contributed by atoms with van der Waals surface area (Å²) < 4.78 is 29.3. The third-order valence-electron chi connectivity index (χ3n) is 4.61. The van der Waals surface area contributed by atoms with Gasteiger partial charge in [0.1, 0.15) is 5.75 Å². The highest BCUT2D eigenvalue weighted by Crippen LogP contribution is 2.27. The van der Waals surface area contributed by atoms with Gasteiger partial charge in [-0.25, -0.2) is 8.42 Å². The molecule has 4 nitrogen and oxygen atoms in total. The van der Waals surface area contributed by atoms with Crippen molar-refractivity contribution in [3.63, 3.8) is 0 Å². The van der Waals surface area contributed by atoms with E-state index in [1.165, 1.54) is 6.26 Å². The minimum Gasteiger partial charge on any atom is -0.496 e. The SMILES string of the molecule is COc1ccccc1[C@H](C)CN[C@@H]1CCCC[C@H]1S(C)(=O)=O. The molecule has 0 saturated heterocycles. The van der Waals surface area contributed by atoms with Crippen molar-refractivity contribution in [2.75, 3.05) is 19.9 Å². The molecule has 1 aliphatic rings. The Balaban J connectivity index is 2.01. The lowest BCUT2D eigenvalue weighted by molar-refractivity contribution is 0.362. The maximum atomic E-state index is 12.0. The van der Waals surface area contributed by atoms with Crippen LogP contribution in [-0.4, -0.2) is 39.6 Å². The van der Waals surface area contributed by atoms with E-state index in [1.54, 1.807) is 7.11 Å². The van der Waals surface area contributed by atoms with Crippen LogP contribution in [0.5, 0.6) is 5.75 Å². The number of rotatable bonds is 6. The van der Waals surface area contributed by atoms with Gasteiger partial charge < -0.3 is 10.1 Å². The lowest BCUT2D eigenvalue weighted by atomic mass is 9.93. The van der Waals surface area contributed by atoms with Crippen LogP contribution in [0.3, 0.4) is 0 Å². The molecular weight excluding hydrogens is 298 g/mol. The molecule has 0 heterocycles. The zero-order valence-corrected chi connectivity index (χ0v) is 14.5. The summed E-state index contributed by atoms with van der Waals surface area (Å²) in [5.41, 5.74) is 1.16. The standard InChI is InChI=1S/C17H27NO3S/c1-13(14-8-4-6-10-16(14)21-2)12-18-15-9-5-7-11-17(15)22(3,19)20/h4,6,8,10,13,15,17-18H,5,7,9,11-12H2,1-3H3/t13-,15-,17-/m1/s1. The average Bonchev–Trinajstić information content (AvgIpc) is 2.52. The number of hydrogen-bond donors (Lipinski definition) is 1. The zero-order chi connectivity index (χ0) is 16.2. The summed E-state index contributed by atoms with van der Waals surface area (Å²) in [6, 6.07) is 8.07. The van der Waals surface area contributed by atoms with Crippen LogP contribution < -0.4 is 10.1 Å². The molecule has 0 aromatic heterocycles. The van der Waals surface area contributed by atoms with E-state index in [4.69, 9.17) is 4.74 Å². The van der Waals surface area contributed by atoms with Crippen LogP contribution in [0, 0.1) is 0 Å². The molecule has 5 heteroatoms. The molecule has 1 aromatic rings. The summed E-state index contributed by atoms with van der Waals surface area (Å²) in [5, 5.41) is 3.25. The number of para-hydroxylation sites is 1. The molecule has 1 aromatic carbocycles. The Bertz CT molecular complexity index is 585. The first-order chi connectivity index (χ1) is 10.4. The monoisotopic (exact) mass is 325 g/mol. The van der Waals surface area contributed by atoms with E-state index in [1.807, 2.05) is 18.2 Å². The van der Waals surface area contributed by atoms with E-state index in [9.17, 15) is 8.42 Å². The Morgan fingerprint density at radius 3 is 2.64 bits per heavy atom. The molecule has 2 rings (SSSR count). The fourth-order valence-corrected chi connectivity index (χ4v) is 4.78. The van der Waals surface area contributed by atoms with Gasteiger partial charge in [-0.3, -0.25) is 0 Å². The second-order valence-corrected chi connectivity index (χ2v) is 8.57. The van der Waals surface area contributed by atoms with E-state index in [2.05, 4.69) is 18.3 Å². The van der Waals surface area contributed by atoms with E-state index in [0.29, 0.717) is 0 Å². The molecule has 0 aliphatic heterocycles. The summed E-state index contributed by atoms with van der Waals surface area (Å²) in [6.45, 7) is 2.90. The van der Waals surface area contributed by atoms with Gasteiger partial charge in [0.2, 0.25) is 0 Å². The van der Waals surface area contributed by atoms with Gasteiger partial charge in [0.15, 0.2) is 9.84 Å². The largest absolute Gasteiger partial charge is 0.496 e. The van der Waals surface area contributed by atoms with Crippen molar-refractivity contribution in [1.82, 2.24) is 5.32 Å². The molecule has 0 bridgehead atoms. The van der Waals surface area contributed by atoms with E-state index in [0.717, 1.165) is 43.5 Å². The predicted molar refractivity (Wildman–Crippen MR) is 90.3 cm³/mol. The molecule has 1 fully saturated rings. The van der Waals surface area contributed by atoms with Crippen molar-refractivity contribution in [3.8, 4) is 5.75 Å². The summed E-state index contributed by atoms with van der Waals surface area (Å²) in [6.07, 6.45) is 5.20. The van der Waals surface area contributed by atoms with Crippen molar-refractivity contribution in [2.45, 2.75) is 49.8 Å². The molecule has 22 heavy (non-hydrogen) atoms. The highest BCUT2D eigenvalue weighted by atomic mass is 32.2. The third-order valence-corrected chi connectivity index (χ3v) is 6.27. The van der Waals surface area contributed by atoms with Crippen LogP contribution in [0.15, 0.2) is 24.3 Å². The minimum atomic E-state index is -2.99. The maximum Gasteiger partial charge on any atom is 0.151 e. The van der Waals surface area contributed by atoms with Gasteiger partial charge >= 0.3 is 0 Å². The number of nitrogens with one attached hydrogen (secondary N) is 1. The highest BCUT2D eigenvalue weighted by Gasteiger charge is 2.32. The number of benzene rings is 1. The minimum absolute atomic E-state index is 0.0703. The fraction of sp³-hybridized carbons (Fsp3) is 0.647. The van der Waals surface area contributed by atoms with Crippen molar-refractivity contribution in [1.29, 1.82) is 0 Å². The Kier molecular flexibility index (Phi) is 5.87. The summed E-state index contributed by atoms with van der Waals surface area (Å²) >= 11 is 0. The first-order valence-electron chi connectivity index (χ1n) is 7.98. The first kappa shape index (κ1) is 17.3. The molecular formula is C17H27NO3S. The quantitative estimate of drug-likeness (QED) is 0.874. The van der Waals surface area contributed by atoms with E-state index in [-0.39, 0.29) is 17.2 Å². The molecule has 1 N–H and O–H groups in total. The van der Waals surface area contributed by atoms with Gasteiger partial charge in [-0.2, -0.15) is 0 Å². The second-order valence-electron chi connectivity index (χ2n) is 6.31. The van der Waals surface area contributed by atoms with Crippen molar-refractivity contribution < 1.29 is 13.2 Å². The average molecular weight is 325 g/mol. The van der Waals surface area contributed by atoms with Crippen LogP contribution in [0.4, 0.5) is 0 Å². The number of sulfone groups is 1. The highest BCUT2D eigenvalue weighted by molar-refractivity contribution is 7.91. The number of ether oxygens (including phenoxy) is 1. The Hall–Kier alpha value is -1.07. The van der Waals surface area contributed by atoms with Gasteiger partial charge in [0, 0.05) is 18.8 Å². The molecule has 1 aliphatic carbocycles. The molecule has 124 valence electrons. The second kappa shape index (κ2) is 7.47. The van der Waals surface area contributed by atoms with Crippen LogP contribution in [0.2, 0.25) is 0 Å². The van der Waals surface area contributed by atoms with Crippen LogP contribution >= 0.6 is 0 Å². The predicted octanol–water partition coefficient (Wildman–Crippen LogP) is 2.74. The van der Waals surface area contributed by atoms with E-state index >= 15 is 0 Å². The van der Waals surface area contributed by atoms with Gasteiger partial charge in [0.25, 0.3) is 0 Å². The normalized spacial score (nSPS) is 24.0. The van der Waals surface area contributed by atoms with Crippen LogP contribution in [-0.2, 0) is 9.84 Å². The van der Waals surface area contributed by atoms with Crippen LogP contribution in [0.25, 0.3) is 0 Å². The Morgan fingerprint density at radius 1 is 1.27 bits per heavy atom. The zero-order valence-electron chi connectivity index (χ0n) is 13.7. The molecule has 1 saturated carbocycles. The van der Waals surface area contributed by atoms with Crippen molar-refractivity contribution >= 4 is 9.84 Å². The van der Waals surface area contributed by atoms with Gasteiger partial charge in [-0.05, 0) is 30.4 Å². The van der Waals surface area contributed by atoms with Gasteiger partial charge in [-0.15, -0.1) is 0 Å². The number of methoxy groups -OCH3 is 1. The van der Waals surface area contributed by atoms with Crippen LogP contribution in [0.1, 0.15) is 44.1 Å². The molecule has 3 atom stereocenters. The topological polar surface area (TPSA) is 55.4 Å². The third kappa shape index (κ3) is 4.23. The fourth-order valence-electron chi connectivity index (χ4n) is 3.35. The number of hydrogen-bond acceptors (Lipinski definition) is 4. The smallest absolute Gasteiger partial charge is 0.151 e. The lowest BCUT2D eigenvalue weighted by Gasteiger charge is -2.32. The Labute approximate surface area is 134 Å². The molecule has 0 unspecified atom stereocenters. The van der Waals surface area contributed by atoms with Gasteiger partial charge in [-0.1, -0.05) is 38.0 Å². The maximum absolute atomic E-state index is 12.0. The Morgan fingerprint density at radius 2 is 1.95 bits per heavy atom. The summed E-state index contributed by atoms with van der Waals surface area (Å²) in [5.74, 6) is 1.17. The molecule has 0 radical (unpaired) electrons. The van der Waals surface area contributed by atoms with Crippen molar-refractivity contribution in [3.05, 3.63) is 29.8 Å². The van der Waals surface area contributed by atoms with E-state index < -0.39 is 9.84 Å². The lowest BCUT2D eigenvalue weighted by Crippen LogP contribution is -2.47.